The molecule has 0 fully saturated rings. The molecule has 0 aliphatic rings. The highest BCUT2D eigenvalue weighted by atomic mass is 28.4. The van der Waals surface area contributed by atoms with Gasteiger partial charge in [-0.3, -0.25) is 0 Å². The van der Waals surface area contributed by atoms with E-state index < -0.39 is 80.1 Å². The van der Waals surface area contributed by atoms with Crippen LogP contribution in [0, 0.1) is 0 Å². The number of hydrogen-bond acceptors (Lipinski definition) is 9. The zero-order valence-corrected chi connectivity index (χ0v) is 26.8. The zero-order valence-electron chi connectivity index (χ0n) is 12.0. The van der Waals surface area contributed by atoms with Gasteiger partial charge in [-0.05, 0) is 0 Å². The summed E-state index contributed by atoms with van der Waals surface area (Å²) in [4.78, 5) is 0. The van der Waals surface area contributed by atoms with Crippen LogP contribution in [0.2, 0.25) is 6.55 Å². The molecule has 0 saturated heterocycles. The highest BCUT2D eigenvalue weighted by Crippen LogP contribution is 1.77. The molecule has 0 bridgehead atoms. The molecule has 0 amide bonds. The van der Waals surface area contributed by atoms with Crippen LogP contribution >= 0.6 is 0 Å². The van der Waals surface area contributed by atoms with Crippen molar-refractivity contribution in [1.82, 2.24) is 0 Å². The smallest absolute Gasteiger partial charge is 0.286 e. The molecule has 0 aromatic heterocycles. The average Bonchev–Trinajstić information content (AvgIpc) is 2.47. The molecule has 0 aromatic carbocycles. The van der Waals surface area contributed by atoms with Gasteiger partial charge in [-0.15, -0.1) is 0 Å². The van der Waals surface area contributed by atoms with Crippen molar-refractivity contribution >= 4 is 100 Å². The maximum atomic E-state index is 5.38. The summed E-state index contributed by atoms with van der Waals surface area (Å²) in [7, 11) is -6.33. The number of rotatable bonds is 17. The Morgan fingerprint density at radius 2 is 0.800 bits per heavy atom. The molecule has 0 spiro atoms. The molecule has 122 valence electrons. The molecular formula is CH24O9Si10. The molecule has 19 heteroatoms. The second kappa shape index (κ2) is 20.8. The Morgan fingerprint density at radius 1 is 0.500 bits per heavy atom. The molecule has 0 unspecified atom stereocenters. The van der Waals surface area contributed by atoms with Crippen molar-refractivity contribution in [3.8, 4) is 0 Å². The Kier molecular flexibility index (Phi) is 22.7. The summed E-state index contributed by atoms with van der Waals surface area (Å²) in [5, 5.41) is 0. The molecule has 0 N–H and O–H groups in total. The largest absolute Gasteiger partial charge is 0.449 e. The van der Waals surface area contributed by atoms with Crippen LogP contribution in [0.3, 0.4) is 0 Å². The Morgan fingerprint density at radius 3 is 1.10 bits per heavy atom. The van der Waals surface area contributed by atoms with Crippen LogP contribution < -0.4 is 0 Å². The summed E-state index contributed by atoms with van der Waals surface area (Å²) in [5.74, 6) is 0. The molecule has 0 radical (unpaired) electrons. The van der Waals surface area contributed by atoms with E-state index in [-0.39, 0.29) is 9.76 Å². The Labute approximate surface area is 143 Å². The first kappa shape index (κ1) is 21.8. The van der Waals surface area contributed by atoms with Crippen molar-refractivity contribution in [2.75, 3.05) is 0 Å². The topological polar surface area (TPSA) is 83.1 Å². The SMILES string of the molecule is C[SiH2]O[SiH2]O[SiH2]O[SiH2]O[SiH2]O[SiH2]O[SiH2]O[SiH2]O[SiH2]O[SiH3]. The van der Waals surface area contributed by atoms with Crippen LogP contribution in [0.5, 0.6) is 0 Å². The fourth-order valence-electron chi connectivity index (χ4n) is 0.817. The normalized spacial score (nSPS) is 16.6. The molecule has 0 aromatic rings. The van der Waals surface area contributed by atoms with Crippen LogP contribution in [0.25, 0.3) is 0 Å². The Balaban J connectivity index is 2.89. The fourth-order valence-corrected chi connectivity index (χ4v) is 16.3. The van der Waals surface area contributed by atoms with Gasteiger partial charge in [-0.1, -0.05) is 6.55 Å². The van der Waals surface area contributed by atoms with Crippen LogP contribution in [0.4, 0.5) is 0 Å². The highest BCUT2D eigenvalue weighted by Gasteiger charge is 1.95. The molecule has 0 saturated carbocycles. The van der Waals surface area contributed by atoms with Crippen molar-refractivity contribution in [3.63, 3.8) is 0 Å². The second-order valence-corrected chi connectivity index (χ2v) is 21.0. The first-order valence-electron chi connectivity index (χ1n) is 6.02. The van der Waals surface area contributed by atoms with E-state index in [0.717, 1.165) is 10.5 Å². The summed E-state index contributed by atoms with van der Waals surface area (Å²) in [6.45, 7) is 2.09. The summed E-state index contributed by atoms with van der Waals surface area (Å²) in [6, 6.07) is 0. The molecule has 0 aliphatic heterocycles. The van der Waals surface area contributed by atoms with E-state index in [9.17, 15) is 0 Å². The lowest BCUT2D eigenvalue weighted by Gasteiger charge is -2.08. The van der Waals surface area contributed by atoms with Crippen molar-refractivity contribution in [2.45, 2.75) is 6.55 Å². The summed E-state index contributed by atoms with van der Waals surface area (Å²) >= 11 is 0. The van der Waals surface area contributed by atoms with Gasteiger partial charge in [-0.2, -0.15) is 0 Å². The van der Waals surface area contributed by atoms with E-state index in [1.54, 1.807) is 0 Å². The Bertz CT molecular complexity index is 157. The van der Waals surface area contributed by atoms with Gasteiger partial charge >= 0.3 is 0 Å². The first-order valence-corrected chi connectivity index (χ1v) is 18.1. The molecule has 0 aliphatic carbocycles. The van der Waals surface area contributed by atoms with E-state index >= 15 is 0 Å². The maximum absolute atomic E-state index is 5.38. The van der Waals surface area contributed by atoms with Gasteiger partial charge in [0.05, 0.1) is 0 Å². The highest BCUT2D eigenvalue weighted by molar-refractivity contribution is 6.49. The lowest BCUT2D eigenvalue weighted by Crippen LogP contribution is -2.21. The molecule has 9 nitrogen and oxygen atoms in total. The fraction of sp³-hybridized carbons (Fsp3) is 1.00. The second-order valence-electron chi connectivity index (χ2n) is 3.15. The third-order valence-electron chi connectivity index (χ3n) is 1.57. The monoisotopic (exact) mass is 460 g/mol. The van der Waals surface area contributed by atoms with E-state index in [1.165, 1.54) is 0 Å². The van der Waals surface area contributed by atoms with Crippen LogP contribution in [-0.2, 0) is 37.0 Å². The van der Waals surface area contributed by atoms with Crippen molar-refractivity contribution in [3.05, 3.63) is 0 Å². The lowest BCUT2D eigenvalue weighted by atomic mass is 11.9. The Hall–Kier alpha value is 1.81. The van der Waals surface area contributed by atoms with Gasteiger partial charge < -0.3 is 37.0 Å². The average molecular weight is 461 g/mol. The van der Waals surface area contributed by atoms with Crippen LogP contribution in [-0.4, -0.2) is 100 Å². The first-order chi connectivity index (χ1) is 9.91. The summed E-state index contributed by atoms with van der Waals surface area (Å²) in [5.41, 5.74) is 0. The van der Waals surface area contributed by atoms with Gasteiger partial charge in [0.2, 0.25) is 0 Å². The van der Waals surface area contributed by atoms with E-state index in [0.29, 0.717) is 0 Å². The molecule has 0 heterocycles. The third-order valence-corrected chi connectivity index (χ3v) is 14.1. The minimum atomic E-state index is -0.915. The predicted octanol–water partition coefficient (Wildman–Crippen LogP) is -9.46. The van der Waals surface area contributed by atoms with E-state index in [4.69, 9.17) is 37.0 Å². The van der Waals surface area contributed by atoms with Crippen molar-refractivity contribution in [2.24, 2.45) is 0 Å². The minimum absolute atomic E-state index is 0.305. The summed E-state index contributed by atoms with van der Waals surface area (Å²) < 4.78 is 47.7. The van der Waals surface area contributed by atoms with E-state index in [2.05, 4.69) is 6.55 Å². The quantitative estimate of drug-likeness (QED) is 0.155. The van der Waals surface area contributed by atoms with Crippen molar-refractivity contribution < 1.29 is 37.0 Å². The van der Waals surface area contributed by atoms with Crippen LogP contribution in [0.15, 0.2) is 0 Å². The maximum Gasteiger partial charge on any atom is 0.286 e. The lowest BCUT2D eigenvalue weighted by molar-refractivity contribution is 0.364. The van der Waals surface area contributed by atoms with Gasteiger partial charge in [-0.25, -0.2) is 0 Å². The third kappa shape index (κ3) is 19.8. The standard InChI is InChI=1S/CH24O9Si10/c1-12-3-14-5-16-7-18-9-20-10-19-8-17-6-15-4-13-2-11/h12-20H2,1,11H3. The van der Waals surface area contributed by atoms with Crippen LogP contribution in [0.1, 0.15) is 0 Å². The van der Waals surface area contributed by atoms with Gasteiger partial charge in [0.25, 0.3) is 80.1 Å². The number of hydrogen-bond donors (Lipinski definition) is 0. The molecule has 0 atom stereocenters. The van der Waals surface area contributed by atoms with Gasteiger partial charge in [0, 0.05) is 0 Å². The zero-order chi connectivity index (χ0) is 14.7. The van der Waals surface area contributed by atoms with Gasteiger partial charge in [0.1, 0.15) is 20.2 Å². The van der Waals surface area contributed by atoms with Gasteiger partial charge in [0.15, 0.2) is 0 Å². The molecule has 0 rings (SSSR count). The summed E-state index contributed by atoms with van der Waals surface area (Å²) in [6.07, 6.45) is 0. The molecule has 20 heavy (non-hydrogen) atoms. The predicted molar refractivity (Wildman–Crippen MR) is 102 cm³/mol. The van der Waals surface area contributed by atoms with Crippen molar-refractivity contribution in [1.29, 1.82) is 0 Å². The van der Waals surface area contributed by atoms with E-state index in [1.807, 2.05) is 0 Å². The minimum Gasteiger partial charge on any atom is -0.449 e. The molecular weight excluding hydrogens is 437 g/mol.